The summed E-state index contributed by atoms with van der Waals surface area (Å²) in [7, 11) is 0. The number of aliphatic hydroxyl groups is 4. The van der Waals surface area contributed by atoms with E-state index in [-0.39, 0.29) is 26.4 Å². The van der Waals surface area contributed by atoms with Crippen LogP contribution in [-0.4, -0.2) is 73.3 Å². The number of aliphatic hydroxyl groups excluding tert-OH is 4. The van der Waals surface area contributed by atoms with Crippen LogP contribution >= 0.6 is 0 Å². The van der Waals surface area contributed by atoms with Crippen molar-refractivity contribution in [2.75, 3.05) is 52.9 Å². The summed E-state index contributed by atoms with van der Waals surface area (Å²) in [6, 6.07) is 0. The SMILES string of the molecule is C=C.C=C.CCCCOCCCC.CCOCC.OCCO.OCCO. The molecule has 6 heteroatoms. The average Bonchev–Trinajstić information content (AvgIpc) is 2.72. The Morgan fingerprint density at radius 3 is 0.923 bits per heavy atom. The van der Waals surface area contributed by atoms with Crippen LogP contribution in [0.25, 0.3) is 0 Å². The molecule has 0 fully saturated rings. The smallest absolute Gasteiger partial charge is 0.0662 e. The summed E-state index contributed by atoms with van der Waals surface area (Å²) in [4.78, 5) is 0. The minimum absolute atomic E-state index is 0.125. The third kappa shape index (κ3) is 135. The van der Waals surface area contributed by atoms with Crippen LogP contribution in [0.2, 0.25) is 0 Å². The monoisotopic (exact) mass is 384 g/mol. The van der Waals surface area contributed by atoms with Crippen LogP contribution in [0, 0.1) is 0 Å². The van der Waals surface area contributed by atoms with E-state index >= 15 is 0 Å². The molecule has 0 unspecified atom stereocenters. The Bertz CT molecular complexity index is 130. The Morgan fingerprint density at radius 2 is 0.808 bits per heavy atom. The fourth-order valence-corrected chi connectivity index (χ4v) is 0.799. The maximum atomic E-state index is 7.62. The van der Waals surface area contributed by atoms with Gasteiger partial charge in [-0.05, 0) is 26.7 Å². The minimum Gasteiger partial charge on any atom is -0.394 e. The lowest BCUT2D eigenvalue weighted by Crippen LogP contribution is -1.95. The molecule has 0 bridgehead atoms. The fourth-order valence-electron chi connectivity index (χ4n) is 0.799. The van der Waals surface area contributed by atoms with E-state index < -0.39 is 0 Å². The Labute approximate surface area is 163 Å². The number of unbranched alkanes of at least 4 members (excludes halogenated alkanes) is 2. The first-order chi connectivity index (χ1) is 12.7. The van der Waals surface area contributed by atoms with Crippen molar-refractivity contribution in [3.63, 3.8) is 0 Å². The summed E-state index contributed by atoms with van der Waals surface area (Å²) >= 11 is 0. The van der Waals surface area contributed by atoms with Crippen molar-refractivity contribution in [1.29, 1.82) is 0 Å². The zero-order valence-corrected chi connectivity index (χ0v) is 17.9. The van der Waals surface area contributed by atoms with Gasteiger partial charge in [0.1, 0.15) is 0 Å². The minimum atomic E-state index is -0.125. The molecule has 0 heterocycles. The standard InChI is InChI=1S/C8H18O.C4H10O.2C2H6O2.2C2H4/c1-3-5-7-9-8-6-4-2;1-3-5-4-2;2*3-1-2-4;2*1-2/h3-8H2,1-2H3;3-4H2,1-2H3;2*3-4H,1-2H2;2*1-2H2. The van der Waals surface area contributed by atoms with Gasteiger partial charge in [-0.25, -0.2) is 0 Å². The van der Waals surface area contributed by atoms with Gasteiger partial charge in [0.05, 0.1) is 26.4 Å². The number of hydrogen-bond donors (Lipinski definition) is 4. The van der Waals surface area contributed by atoms with Crippen molar-refractivity contribution >= 4 is 0 Å². The summed E-state index contributed by atoms with van der Waals surface area (Å²) in [6.07, 6.45) is 4.91. The van der Waals surface area contributed by atoms with Gasteiger partial charge in [0, 0.05) is 26.4 Å². The molecular formula is C20H48O6. The summed E-state index contributed by atoms with van der Waals surface area (Å²) < 4.78 is 10.1. The Balaban J connectivity index is -0.0000000509. The van der Waals surface area contributed by atoms with Gasteiger partial charge < -0.3 is 29.9 Å². The Hall–Kier alpha value is -0.760. The quantitative estimate of drug-likeness (QED) is 0.341. The first kappa shape index (κ1) is 40.1. The summed E-state index contributed by atoms with van der Waals surface area (Å²) in [5.41, 5.74) is 0. The maximum absolute atomic E-state index is 7.62. The molecule has 0 radical (unpaired) electrons. The van der Waals surface area contributed by atoms with Crippen molar-refractivity contribution in [3.8, 4) is 0 Å². The highest BCUT2D eigenvalue weighted by atomic mass is 16.5. The molecule has 164 valence electrons. The van der Waals surface area contributed by atoms with E-state index in [0.717, 1.165) is 26.4 Å². The average molecular weight is 385 g/mol. The van der Waals surface area contributed by atoms with E-state index in [1.165, 1.54) is 25.7 Å². The van der Waals surface area contributed by atoms with Crippen molar-refractivity contribution < 1.29 is 29.9 Å². The highest BCUT2D eigenvalue weighted by Crippen LogP contribution is 1.91. The van der Waals surface area contributed by atoms with E-state index in [0.29, 0.717) is 0 Å². The first-order valence-corrected chi connectivity index (χ1v) is 9.25. The predicted molar refractivity (Wildman–Crippen MR) is 114 cm³/mol. The summed E-state index contributed by atoms with van der Waals surface area (Å²) in [5.74, 6) is 0. The third-order valence-corrected chi connectivity index (χ3v) is 1.89. The van der Waals surface area contributed by atoms with Crippen LogP contribution in [0.1, 0.15) is 53.4 Å². The number of rotatable bonds is 10. The second kappa shape index (κ2) is 74.7. The molecule has 0 rings (SSSR count). The van der Waals surface area contributed by atoms with Crippen LogP contribution in [0.3, 0.4) is 0 Å². The maximum Gasteiger partial charge on any atom is 0.0662 e. The topological polar surface area (TPSA) is 99.4 Å². The molecule has 0 aromatic heterocycles. The Kier molecular flexibility index (Phi) is 115. The molecule has 26 heavy (non-hydrogen) atoms. The van der Waals surface area contributed by atoms with Gasteiger partial charge >= 0.3 is 0 Å². The molecule has 0 aromatic carbocycles. The normalized spacial score (nSPS) is 7.69. The van der Waals surface area contributed by atoms with Crippen molar-refractivity contribution in [1.82, 2.24) is 0 Å². The molecule has 0 aliphatic heterocycles. The van der Waals surface area contributed by atoms with Gasteiger partial charge in [-0.15, -0.1) is 26.3 Å². The predicted octanol–water partition coefficient (Wildman–Crippen LogP) is 3.19. The molecule has 0 spiro atoms. The van der Waals surface area contributed by atoms with Crippen LogP contribution in [0.15, 0.2) is 26.3 Å². The lowest BCUT2D eigenvalue weighted by Gasteiger charge is -1.99. The second-order valence-corrected chi connectivity index (χ2v) is 4.00. The van der Waals surface area contributed by atoms with Crippen LogP contribution < -0.4 is 0 Å². The highest BCUT2D eigenvalue weighted by Gasteiger charge is 1.84. The summed E-state index contributed by atoms with van der Waals surface area (Å²) in [5, 5.41) is 30.5. The molecular weight excluding hydrogens is 336 g/mol. The zero-order chi connectivity index (χ0) is 21.9. The van der Waals surface area contributed by atoms with Gasteiger partial charge in [0.15, 0.2) is 0 Å². The summed E-state index contributed by atoms with van der Waals surface area (Å²) in [6.45, 7) is 23.4. The lowest BCUT2D eigenvalue weighted by atomic mass is 10.3. The van der Waals surface area contributed by atoms with Gasteiger partial charge in [0.2, 0.25) is 0 Å². The van der Waals surface area contributed by atoms with E-state index in [1.807, 2.05) is 13.8 Å². The van der Waals surface area contributed by atoms with Gasteiger partial charge in [0.25, 0.3) is 0 Å². The molecule has 0 aliphatic rings. The molecule has 6 nitrogen and oxygen atoms in total. The molecule has 0 aromatic rings. The third-order valence-electron chi connectivity index (χ3n) is 1.89. The Morgan fingerprint density at radius 1 is 0.538 bits per heavy atom. The fraction of sp³-hybridized carbons (Fsp3) is 0.800. The van der Waals surface area contributed by atoms with Crippen LogP contribution in [0.5, 0.6) is 0 Å². The van der Waals surface area contributed by atoms with Crippen LogP contribution in [-0.2, 0) is 9.47 Å². The lowest BCUT2D eigenvalue weighted by molar-refractivity contribution is 0.128. The second-order valence-electron chi connectivity index (χ2n) is 4.00. The molecule has 0 saturated carbocycles. The molecule has 0 atom stereocenters. The van der Waals surface area contributed by atoms with Gasteiger partial charge in [-0.1, -0.05) is 26.7 Å². The van der Waals surface area contributed by atoms with E-state index in [2.05, 4.69) is 40.2 Å². The van der Waals surface area contributed by atoms with Crippen molar-refractivity contribution in [2.45, 2.75) is 53.4 Å². The van der Waals surface area contributed by atoms with Gasteiger partial charge in [-0.3, -0.25) is 0 Å². The number of ether oxygens (including phenoxy) is 2. The largest absolute Gasteiger partial charge is 0.394 e. The zero-order valence-electron chi connectivity index (χ0n) is 17.9. The van der Waals surface area contributed by atoms with E-state index in [9.17, 15) is 0 Å². The molecule has 0 aliphatic carbocycles. The van der Waals surface area contributed by atoms with Crippen molar-refractivity contribution in [2.24, 2.45) is 0 Å². The highest BCUT2D eigenvalue weighted by molar-refractivity contribution is 4.33. The van der Waals surface area contributed by atoms with E-state index in [4.69, 9.17) is 29.9 Å². The van der Waals surface area contributed by atoms with Crippen molar-refractivity contribution in [3.05, 3.63) is 26.3 Å². The van der Waals surface area contributed by atoms with E-state index in [1.54, 1.807) is 0 Å². The molecule has 0 amide bonds. The number of hydrogen-bond acceptors (Lipinski definition) is 6. The van der Waals surface area contributed by atoms with Crippen LogP contribution in [0.4, 0.5) is 0 Å². The molecule has 4 N–H and O–H groups in total. The molecule has 0 saturated heterocycles. The first-order valence-electron chi connectivity index (χ1n) is 9.25. The van der Waals surface area contributed by atoms with Gasteiger partial charge in [-0.2, -0.15) is 0 Å².